The summed E-state index contributed by atoms with van der Waals surface area (Å²) in [4.78, 5) is 27.5. The predicted octanol–water partition coefficient (Wildman–Crippen LogP) is 1.19. The van der Waals surface area contributed by atoms with Crippen LogP contribution in [0.3, 0.4) is 0 Å². The normalized spacial score (nSPS) is 15.0. The molecule has 1 aliphatic heterocycles. The zero-order valence-corrected chi connectivity index (χ0v) is 14.5. The van der Waals surface area contributed by atoms with E-state index in [1.54, 1.807) is 12.1 Å². The van der Waals surface area contributed by atoms with Crippen LogP contribution in [0.2, 0.25) is 0 Å². The summed E-state index contributed by atoms with van der Waals surface area (Å²) in [5.41, 5.74) is 2.47. The van der Waals surface area contributed by atoms with Crippen molar-refractivity contribution in [1.82, 2.24) is 4.90 Å². The van der Waals surface area contributed by atoms with E-state index < -0.39 is 0 Å². The number of nitrogens with zero attached hydrogens (tertiary/aromatic N) is 1. The Hall–Kier alpha value is -2.66. The van der Waals surface area contributed by atoms with Crippen LogP contribution in [0.1, 0.15) is 22.8 Å². The van der Waals surface area contributed by atoms with Crippen LogP contribution in [-0.2, 0) is 11.3 Å². The summed E-state index contributed by atoms with van der Waals surface area (Å²) in [7, 11) is 0. The van der Waals surface area contributed by atoms with Crippen LogP contribution in [0.5, 0.6) is 0 Å². The monoisotopic (exact) mass is 338 g/mol. The Labute approximate surface area is 148 Å². The van der Waals surface area contributed by atoms with Crippen molar-refractivity contribution in [2.45, 2.75) is 13.5 Å². The Morgan fingerprint density at radius 3 is 2.32 bits per heavy atom. The van der Waals surface area contributed by atoms with Gasteiger partial charge in [0, 0.05) is 12.5 Å². The molecule has 2 aromatic rings. The molecule has 1 fully saturated rings. The molecule has 0 unspecified atom stereocenters. The number of para-hydroxylation sites is 1. The van der Waals surface area contributed by atoms with E-state index in [4.69, 9.17) is 0 Å². The average molecular weight is 338 g/mol. The average Bonchev–Trinajstić information content (AvgIpc) is 2.63. The zero-order chi connectivity index (χ0) is 17.6. The lowest BCUT2D eigenvalue weighted by Gasteiger charge is -2.32. The Morgan fingerprint density at radius 1 is 1.00 bits per heavy atom. The Morgan fingerprint density at radius 2 is 1.64 bits per heavy atom. The molecule has 2 amide bonds. The number of amides is 2. The third kappa shape index (κ3) is 4.45. The number of rotatable bonds is 4. The van der Waals surface area contributed by atoms with Crippen LogP contribution in [0.4, 0.5) is 5.69 Å². The van der Waals surface area contributed by atoms with Gasteiger partial charge in [-0.15, -0.1) is 0 Å². The molecule has 0 aliphatic carbocycles. The molecule has 0 saturated carbocycles. The van der Waals surface area contributed by atoms with Gasteiger partial charge in [-0.1, -0.05) is 42.5 Å². The number of anilines is 1. The van der Waals surface area contributed by atoms with Gasteiger partial charge in [-0.3, -0.25) is 9.59 Å². The number of piperazine rings is 1. The van der Waals surface area contributed by atoms with E-state index in [0.29, 0.717) is 11.3 Å². The largest absolute Gasteiger partial charge is 0.328 e. The van der Waals surface area contributed by atoms with E-state index >= 15 is 0 Å². The van der Waals surface area contributed by atoms with Crippen LogP contribution in [0, 0.1) is 0 Å². The first-order valence-electron chi connectivity index (χ1n) is 8.67. The fourth-order valence-corrected chi connectivity index (χ4v) is 3.23. The maximum absolute atomic E-state index is 12.8. The minimum Gasteiger partial charge on any atom is -0.328 e. The standard InChI is InChI=1S/C20H23N3O2/c1-16(24)21-19-10-6-5-9-18(19)20(25)23-13-11-22(12-14-23)15-17-7-3-2-4-8-17/h2-10H,11-15H2,1H3,(H,21,24)/p+1. The van der Waals surface area contributed by atoms with Gasteiger partial charge in [0.1, 0.15) is 6.54 Å². The summed E-state index contributed by atoms with van der Waals surface area (Å²) in [5.74, 6) is -0.180. The lowest BCUT2D eigenvalue weighted by molar-refractivity contribution is -0.917. The van der Waals surface area contributed by atoms with Gasteiger partial charge >= 0.3 is 0 Å². The summed E-state index contributed by atoms with van der Waals surface area (Å²) in [6.45, 7) is 5.77. The molecule has 1 saturated heterocycles. The molecule has 2 N–H and O–H groups in total. The van der Waals surface area contributed by atoms with Crippen LogP contribution < -0.4 is 10.2 Å². The number of benzene rings is 2. The van der Waals surface area contributed by atoms with Gasteiger partial charge in [-0.05, 0) is 12.1 Å². The van der Waals surface area contributed by atoms with Crippen LogP contribution >= 0.6 is 0 Å². The molecular weight excluding hydrogens is 314 g/mol. The maximum Gasteiger partial charge on any atom is 0.256 e. The molecule has 1 aliphatic rings. The fraction of sp³-hybridized carbons (Fsp3) is 0.300. The van der Waals surface area contributed by atoms with Gasteiger partial charge < -0.3 is 15.1 Å². The van der Waals surface area contributed by atoms with E-state index in [0.717, 1.165) is 32.7 Å². The molecule has 5 nitrogen and oxygen atoms in total. The van der Waals surface area contributed by atoms with Crippen molar-refractivity contribution in [3.8, 4) is 0 Å². The van der Waals surface area contributed by atoms with Gasteiger partial charge in [0.25, 0.3) is 5.91 Å². The van der Waals surface area contributed by atoms with E-state index in [-0.39, 0.29) is 11.8 Å². The highest BCUT2D eigenvalue weighted by Crippen LogP contribution is 2.17. The molecule has 0 atom stereocenters. The van der Waals surface area contributed by atoms with E-state index in [9.17, 15) is 9.59 Å². The number of carbonyl (C=O) groups excluding carboxylic acids is 2. The number of quaternary nitrogens is 1. The van der Waals surface area contributed by atoms with Crippen molar-refractivity contribution < 1.29 is 14.5 Å². The van der Waals surface area contributed by atoms with Crippen molar-refractivity contribution in [2.75, 3.05) is 31.5 Å². The fourth-order valence-electron chi connectivity index (χ4n) is 3.23. The number of hydrogen-bond donors (Lipinski definition) is 2. The lowest BCUT2D eigenvalue weighted by Crippen LogP contribution is -3.13. The Bertz CT molecular complexity index is 738. The summed E-state index contributed by atoms with van der Waals surface area (Å²) < 4.78 is 0. The van der Waals surface area contributed by atoms with Crippen LogP contribution in [-0.4, -0.2) is 42.9 Å². The Balaban J connectivity index is 1.61. The highest BCUT2D eigenvalue weighted by molar-refractivity contribution is 6.03. The molecule has 2 aromatic carbocycles. The van der Waals surface area contributed by atoms with Gasteiger partial charge in [0.15, 0.2) is 0 Å². The molecule has 5 heteroatoms. The molecule has 0 bridgehead atoms. The number of nitrogens with one attached hydrogen (secondary N) is 2. The van der Waals surface area contributed by atoms with Gasteiger partial charge in [0.05, 0.1) is 37.4 Å². The SMILES string of the molecule is CC(=O)Nc1ccccc1C(=O)N1CC[NH+](Cc2ccccc2)CC1. The first-order valence-corrected chi connectivity index (χ1v) is 8.67. The lowest BCUT2D eigenvalue weighted by atomic mass is 10.1. The predicted molar refractivity (Wildman–Crippen MR) is 97.5 cm³/mol. The minimum absolute atomic E-state index is 0.0110. The molecule has 1 heterocycles. The number of carbonyl (C=O) groups is 2. The first-order chi connectivity index (χ1) is 12.1. The molecule has 0 radical (unpaired) electrons. The summed E-state index contributed by atoms with van der Waals surface area (Å²) in [5, 5.41) is 2.74. The second-order valence-corrected chi connectivity index (χ2v) is 6.43. The summed E-state index contributed by atoms with van der Waals surface area (Å²) in [6, 6.07) is 17.6. The second-order valence-electron chi connectivity index (χ2n) is 6.43. The molecule has 3 rings (SSSR count). The summed E-state index contributed by atoms with van der Waals surface area (Å²) in [6.07, 6.45) is 0. The van der Waals surface area contributed by atoms with Crippen molar-refractivity contribution in [3.63, 3.8) is 0 Å². The number of hydrogen-bond acceptors (Lipinski definition) is 2. The molecule has 130 valence electrons. The minimum atomic E-state index is -0.169. The topological polar surface area (TPSA) is 53.9 Å². The third-order valence-corrected chi connectivity index (χ3v) is 4.52. The van der Waals surface area contributed by atoms with Crippen molar-refractivity contribution in [1.29, 1.82) is 0 Å². The molecular formula is C20H24N3O2+. The maximum atomic E-state index is 12.8. The Kier molecular flexibility index (Phi) is 5.46. The van der Waals surface area contributed by atoms with Gasteiger partial charge in [-0.25, -0.2) is 0 Å². The van der Waals surface area contributed by atoms with Crippen molar-refractivity contribution >= 4 is 17.5 Å². The zero-order valence-electron chi connectivity index (χ0n) is 14.5. The van der Waals surface area contributed by atoms with Gasteiger partial charge in [0.2, 0.25) is 5.91 Å². The van der Waals surface area contributed by atoms with E-state index in [1.165, 1.54) is 17.4 Å². The van der Waals surface area contributed by atoms with Crippen molar-refractivity contribution in [3.05, 3.63) is 65.7 Å². The second kappa shape index (κ2) is 7.94. The quantitative estimate of drug-likeness (QED) is 0.880. The van der Waals surface area contributed by atoms with E-state index in [1.807, 2.05) is 23.1 Å². The molecule has 0 spiro atoms. The highest BCUT2D eigenvalue weighted by atomic mass is 16.2. The van der Waals surface area contributed by atoms with Crippen molar-refractivity contribution in [2.24, 2.45) is 0 Å². The van der Waals surface area contributed by atoms with Crippen LogP contribution in [0.15, 0.2) is 54.6 Å². The van der Waals surface area contributed by atoms with E-state index in [2.05, 4.69) is 29.6 Å². The smallest absolute Gasteiger partial charge is 0.256 e. The molecule has 0 aromatic heterocycles. The van der Waals surface area contributed by atoms with Gasteiger partial charge in [-0.2, -0.15) is 0 Å². The molecule has 25 heavy (non-hydrogen) atoms. The highest BCUT2D eigenvalue weighted by Gasteiger charge is 2.26. The summed E-state index contributed by atoms with van der Waals surface area (Å²) >= 11 is 0. The van der Waals surface area contributed by atoms with Crippen LogP contribution in [0.25, 0.3) is 0 Å². The third-order valence-electron chi connectivity index (χ3n) is 4.52. The first kappa shape index (κ1) is 17.2.